The van der Waals surface area contributed by atoms with Gasteiger partial charge in [-0.05, 0) is 43.5 Å². The van der Waals surface area contributed by atoms with Crippen LogP contribution in [0.4, 0.5) is 0 Å². The van der Waals surface area contributed by atoms with Crippen LogP contribution in [0.3, 0.4) is 0 Å². The fourth-order valence-electron chi connectivity index (χ4n) is 3.17. The van der Waals surface area contributed by atoms with Gasteiger partial charge in [0.2, 0.25) is 10.0 Å². The predicted octanol–water partition coefficient (Wildman–Crippen LogP) is 1.22. The Morgan fingerprint density at radius 2 is 1.84 bits per heavy atom. The first-order chi connectivity index (χ1) is 14.3. The van der Waals surface area contributed by atoms with Gasteiger partial charge in [0, 0.05) is 17.6 Å². The van der Waals surface area contributed by atoms with E-state index in [1.807, 2.05) is 13.8 Å². The lowest BCUT2D eigenvalue weighted by Crippen LogP contribution is -2.46. The fraction of sp³-hybridized carbons (Fsp3) is 0.579. The number of amides is 1. The molecular weight excluding hydrogens is 468 g/mol. The summed E-state index contributed by atoms with van der Waals surface area (Å²) in [5.41, 5.74) is 0. The van der Waals surface area contributed by atoms with E-state index >= 15 is 0 Å². The van der Waals surface area contributed by atoms with Gasteiger partial charge >= 0.3 is 5.97 Å². The third-order valence-electron chi connectivity index (χ3n) is 4.68. The lowest BCUT2D eigenvalue weighted by molar-refractivity contribution is -0.154. The number of nitrogens with one attached hydrogen (secondary N) is 1. The summed E-state index contributed by atoms with van der Waals surface area (Å²) >= 11 is 5.75. The Morgan fingerprint density at radius 1 is 1.23 bits per heavy atom. The van der Waals surface area contributed by atoms with E-state index in [4.69, 9.17) is 16.3 Å². The summed E-state index contributed by atoms with van der Waals surface area (Å²) in [4.78, 5) is 26.3. The second-order valence-corrected chi connectivity index (χ2v) is 12.3. The average Bonchev–Trinajstić information content (AvgIpc) is 3.03. The van der Waals surface area contributed by atoms with Crippen molar-refractivity contribution in [2.75, 3.05) is 24.7 Å². The smallest absolute Gasteiger partial charge is 0.324 e. The van der Waals surface area contributed by atoms with Crippen molar-refractivity contribution >= 4 is 43.3 Å². The molecule has 1 saturated heterocycles. The topological polar surface area (TPSA) is 127 Å². The zero-order chi connectivity index (χ0) is 23.4. The Kier molecular flexibility index (Phi) is 8.48. The SMILES string of the molecule is CC(C)CN(C(=O)COC(=O)[C@H](C)NS(=O)(=O)c1ccc(Cl)cc1)C1CCS(=O)(=O)C1. The third-order valence-corrected chi connectivity index (χ3v) is 8.24. The highest BCUT2D eigenvalue weighted by atomic mass is 35.5. The minimum absolute atomic E-state index is 0.0167. The summed E-state index contributed by atoms with van der Waals surface area (Å²) in [5.74, 6) is -1.45. The van der Waals surface area contributed by atoms with Crippen molar-refractivity contribution in [2.45, 2.75) is 44.2 Å². The van der Waals surface area contributed by atoms with Crippen LogP contribution in [0.5, 0.6) is 0 Å². The molecule has 2 atom stereocenters. The van der Waals surface area contributed by atoms with Gasteiger partial charge in [-0.2, -0.15) is 4.72 Å². The number of rotatable bonds is 9. The maximum absolute atomic E-state index is 12.6. The molecule has 1 aromatic carbocycles. The minimum Gasteiger partial charge on any atom is -0.454 e. The summed E-state index contributed by atoms with van der Waals surface area (Å²) in [6.45, 7) is 4.81. The molecule has 2 rings (SSSR count). The number of sulfone groups is 1. The molecule has 1 heterocycles. The fourth-order valence-corrected chi connectivity index (χ4v) is 6.22. The molecule has 1 aromatic rings. The molecule has 0 spiro atoms. The number of esters is 1. The van der Waals surface area contributed by atoms with Crippen LogP contribution < -0.4 is 4.72 Å². The molecule has 1 aliphatic heterocycles. The van der Waals surface area contributed by atoms with Gasteiger partial charge in [-0.3, -0.25) is 9.59 Å². The van der Waals surface area contributed by atoms with E-state index in [-0.39, 0.29) is 22.3 Å². The second kappa shape index (κ2) is 10.3. The van der Waals surface area contributed by atoms with Crippen molar-refractivity contribution in [2.24, 2.45) is 5.92 Å². The van der Waals surface area contributed by atoms with Gasteiger partial charge in [0.15, 0.2) is 16.4 Å². The van der Waals surface area contributed by atoms with Crippen LogP contribution in [0.15, 0.2) is 29.2 Å². The number of carbonyl (C=O) groups excluding carboxylic acids is 2. The van der Waals surface area contributed by atoms with Gasteiger partial charge in [-0.1, -0.05) is 25.4 Å². The summed E-state index contributed by atoms with van der Waals surface area (Å²) in [5, 5.41) is 0.367. The third kappa shape index (κ3) is 7.44. The minimum atomic E-state index is -3.99. The number of nitrogens with zero attached hydrogens (tertiary/aromatic N) is 1. The van der Waals surface area contributed by atoms with Crippen molar-refractivity contribution < 1.29 is 31.2 Å². The van der Waals surface area contributed by atoms with E-state index in [2.05, 4.69) is 4.72 Å². The molecule has 1 unspecified atom stereocenters. The van der Waals surface area contributed by atoms with Crippen LogP contribution in [0.25, 0.3) is 0 Å². The van der Waals surface area contributed by atoms with Crippen LogP contribution in [0.2, 0.25) is 5.02 Å². The first kappa shape index (κ1) is 25.6. The number of ether oxygens (including phenoxy) is 1. The Morgan fingerprint density at radius 3 is 2.35 bits per heavy atom. The first-order valence-electron chi connectivity index (χ1n) is 9.75. The molecule has 0 bridgehead atoms. The number of carbonyl (C=O) groups is 2. The van der Waals surface area contributed by atoms with Crippen LogP contribution in [-0.2, 0) is 34.2 Å². The van der Waals surface area contributed by atoms with E-state index in [1.54, 1.807) is 0 Å². The molecule has 31 heavy (non-hydrogen) atoms. The first-order valence-corrected chi connectivity index (χ1v) is 13.4. The maximum Gasteiger partial charge on any atom is 0.324 e. The molecule has 0 radical (unpaired) electrons. The highest BCUT2D eigenvalue weighted by Gasteiger charge is 2.35. The van der Waals surface area contributed by atoms with Crippen molar-refractivity contribution in [1.82, 2.24) is 9.62 Å². The number of sulfonamides is 1. The van der Waals surface area contributed by atoms with Crippen LogP contribution in [0.1, 0.15) is 27.2 Å². The van der Waals surface area contributed by atoms with Crippen LogP contribution >= 0.6 is 11.6 Å². The van der Waals surface area contributed by atoms with Crippen LogP contribution in [-0.4, -0.2) is 70.4 Å². The number of halogens is 1. The average molecular weight is 495 g/mol. The monoisotopic (exact) mass is 494 g/mol. The molecule has 12 heteroatoms. The molecule has 1 fully saturated rings. The van der Waals surface area contributed by atoms with Gasteiger partial charge in [-0.25, -0.2) is 16.8 Å². The molecule has 1 amide bonds. The number of benzene rings is 1. The van der Waals surface area contributed by atoms with Gasteiger partial charge in [-0.15, -0.1) is 0 Å². The van der Waals surface area contributed by atoms with Gasteiger partial charge < -0.3 is 9.64 Å². The van der Waals surface area contributed by atoms with Crippen molar-refractivity contribution in [3.8, 4) is 0 Å². The van der Waals surface area contributed by atoms with Crippen molar-refractivity contribution in [3.63, 3.8) is 0 Å². The zero-order valence-corrected chi connectivity index (χ0v) is 20.0. The largest absolute Gasteiger partial charge is 0.454 e. The molecule has 174 valence electrons. The lowest BCUT2D eigenvalue weighted by atomic mass is 10.1. The van der Waals surface area contributed by atoms with Crippen molar-refractivity contribution in [1.29, 1.82) is 0 Å². The summed E-state index contributed by atoms with van der Waals surface area (Å²) in [6.07, 6.45) is 0.339. The Labute approximate surface area is 188 Å². The van der Waals surface area contributed by atoms with Crippen molar-refractivity contribution in [3.05, 3.63) is 29.3 Å². The molecule has 0 aliphatic carbocycles. The summed E-state index contributed by atoms with van der Waals surface area (Å²) < 4.78 is 55.5. The van der Waals surface area contributed by atoms with Gasteiger partial charge in [0.1, 0.15) is 6.04 Å². The Bertz CT molecular complexity index is 1010. The summed E-state index contributed by atoms with van der Waals surface area (Å²) in [7, 11) is -7.18. The number of hydrogen-bond acceptors (Lipinski definition) is 7. The zero-order valence-electron chi connectivity index (χ0n) is 17.6. The lowest BCUT2D eigenvalue weighted by Gasteiger charge is -2.29. The van der Waals surface area contributed by atoms with E-state index in [0.29, 0.717) is 18.0 Å². The second-order valence-electron chi connectivity index (χ2n) is 7.90. The van der Waals surface area contributed by atoms with E-state index in [9.17, 15) is 26.4 Å². The molecule has 9 nitrogen and oxygen atoms in total. The van der Waals surface area contributed by atoms with Gasteiger partial charge in [0.05, 0.1) is 16.4 Å². The maximum atomic E-state index is 12.6. The number of hydrogen-bond donors (Lipinski definition) is 1. The quantitative estimate of drug-likeness (QED) is 0.511. The standard InChI is InChI=1S/C19H27ClN2O7S2/c1-13(2)10-22(16-8-9-30(25,26)12-16)18(23)11-29-19(24)14(3)21-31(27,28)17-6-4-15(20)5-7-17/h4-7,13-14,16,21H,8-12H2,1-3H3/t14-,16?/m0/s1. The molecule has 0 saturated carbocycles. The normalized spacial score (nSPS) is 19.2. The molecular formula is C19H27ClN2O7S2. The summed E-state index contributed by atoms with van der Waals surface area (Å²) in [6, 6.07) is 3.71. The molecule has 1 N–H and O–H groups in total. The van der Waals surface area contributed by atoms with Crippen LogP contribution in [0, 0.1) is 5.92 Å². The highest BCUT2D eigenvalue weighted by Crippen LogP contribution is 2.19. The Balaban J connectivity index is 1.97. The van der Waals surface area contributed by atoms with E-state index < -0.39 is 50.4 Å². The Hall–Kier alpha value is -1.69. The van der Waals surface area contributed by atoms with E-state index in [0.717, 1.165) is 0 Å². The predicted molar refractivity (Wildman–Crippen MR) is 116 cm³/mol. The highest BCUT2D eigenvalue weighted by molar-refractivity contribution is 7.91. The van der Waals surface area contributed by atoms with E-state index in [1.165, 1.54) is 36.1 Å². The molecule has 0 aromatic heterocycles. The molecule has 1 aliphatic rings. The van der Waals surface area contributed by atoms with Gasteiger partial charge in [0.25, 0.3) is 5.91 Å².